The van der Waals surface area contributed by atoms with Gasteiger partial charge in [0.05, 0.1) is 6.61 Å². The first-order chi connectivity index (χ1) is 9.33. The zero-order chi connectivity index (χ0) is 13.6. The first-order valence-corrected chi connectivity index (χ1v) is 6.17. The van der Waals surface area contributed by atoms with Gasteiger partial charge in [-0.15, -0.1) is 13.0 Å². The van der Waals surface area contributed by atoms with Gasteiger partial charge in [0.1, 0.15) is 0 Å². The largest absolute Gasteiger partial charge is 0.350 e. The molecule has 0 heterocycles. The van der Waals surface area contributed by atoms with Crippen LogP contribution in [0.25, 0.3) is 0 Å². The van der Waals surface area contributed by atoms with Gasteiger partial charge in [0.15, 0.2) is 5.60 Å². The topological polar surface area (TPSA) is 9.23 Å². The van der Waals surface area contributed by atoms with Gasteiger partial charge < -0.3 is 4.74 Å². The molecule has 0 unspecified atom stereocenters. The van der Waals surface area contributed by atoms with Crippen LogP contribution >= 0.6 is 0 Å². The number of hydrogen-bond donors (Lipinski definition) is 0. The van der Waals surface area contributed by atoms with E-state index in [4.69, 9.17) is 11.2 Å². The molecular formula is C18H16O. The van der Waals surface area contributed by atoms with Crippen LogP contribution in [-0.2, 0) is 10.3 Å². The highest BCUT2D eigenvalue weighted by Gasteiger charge is 2.32. The fourth-order valence-corrected chi connectivity index (χ4v) is 2.07. The van der Waals surface area contributed by atoms with Crippen LogP contribution in [0, 0.1) is 12.3 Å². The monoisotopic (exact) mass is 248 g/mol. The third-order valence-corrected chi connectivity index (χ3v) is 2.98. The lowest BCUT2D eigenvalue weighted by molar-refractivity contribution is 0.0467. The van der Waals surface area contributed by atoms with Crippen LogP contribution in [-0.4, -0.2) is 6.61 Å². The minimum atomic E-state index is -0.864. The molecule has 1 nitrogen and oxygen atoms in total. The Bertz CT molecular complexity index is 524. The first-order valence-electron chi connectivity index (χ1n) is 6.17. The zero-order valence-electron chi connectivity index (χ0n) is 10.8. The molecule has 0 aromatic heterocycles. The molecule has 2 rings (SSSR count). The Balaban J connectivity index is 2.55. The van der Waals surface area contributed by atoms with E-state index in [1.165, 1.54) is 0 Å². The summed E-state index contributed by atoms with van der Waals surface area (Å²) in [5.41, 5.74) is 1.03. The van der Waals surface area contributed by atoms with Crippen molar-refractivity contribution in [2.24, 2.45) is 0 Å². The number of ether oxygens (including phenoxy) is 1. The van der Waals surface area contributed by atoms with Crippen molar-refractivity contribution in [3.05, 3.63) is 84.4 Å². The minimum absolute atomic E-state index is 0.397. The van der Waals surface area contributed by atoms with Crippen molar-refractivity contribution in [2.75, 3.05) is 6.61 Å². The van der Waals surface area contributed by atoms with E-state index in [0.717, 1.165) is 11.1 Å². The average molecular weight is 248 g/mol. The summed E-state index contributed by atoms with van der Waals surface area (Å²) in [6.45, 7) is 4.09. The van der Waals surface area contributed by atoms with Crippen LogP contribution in [0.15, 0.2) is 73.3 Å². The number of benzene rings is 2. The van der Waals surface area contributed by atoms with E-state index in [1.807, 2.05) is 60.7 Å². The molecule has 0 saturated heterocycles. The van der Waals surface area contributed by atoms with Crippen molar-refractivity contribution in [1.29, 1.82) is 0 Å². The van der Waals surface area contributed by atoms with Crippen molar-refractivity contribution in [3.63, 3.8) is 0 Å². The highest BCUT2D eigenvalue weighted by atomic mass is 16.5. The molecule has 19 heavy (non-hydrogen) atoms. The van der Waals surface area contributed by atoms with Gasteiger partial charge >= 0.3 is 0 Å². The summed E-state index contributed by atoms with van der Waals surface area (Å²) in [6, 6.07) is 19.7. The summed E-state index contributed by atoms with van der Waals surface area (Å²) in [7, 11) is 0. The fourth-order valence-electron chi connectivity index (χ4n) is 2.07. The summed E-state index contributed by atoms with van der Waals surface area (Å²) in [5, 5.41) is 0. The van der Waals surface area contributed by atoms with E-state index in [-0.39, 0.29) is 0 Å². The molecule has 2 aromatic rings. The Morgan fingerprint density at radius 3 is 1.84 bits per heavy atom. The maximum atomic E-state index is 5.95. The quantitative estimate of drug-likeness (QED) is 0.578. The molecule has 2 aromatic carbocycles. The van der Waals surface area contributed by atoms with Crippen molar-refractivity contribution < 1.29 is 4.74 Å². The Kier molecular flexibility index (Phi) is 4.18. The average Bonchev–Trinajstić information content (AvgIpc) is 2.51. The van der Waals surface area contributed by atoms with Gasteiger partial charge in [0.2, 0.25) is 0 Å². The Morgan fingerprint density at radius 2 is 1.47 bits per heavy atom. The summed E-state index contributed by atoms with van der Waals surface area (Å²) >= 11 is 0. The van der Waals surface area contributed by atoms with E-state index < -0.39 is 5.60 Å². The number of terminal acetylenes is 1. The first kappa shape index (κ1) is 13.1. The van der Waals surface area contributed by atoms with Gasteiger partial charge in [-0.1, -0.05) is 72.7 Å². The van der Waals surface area contributed by atoms with Crippen molar-refractivity contribution in [3.8, 4) is 12.3 Å². The smallest absolute Gasteiger partial charge is 0.179 e. The van der Waals surface area contributed by atoms with Crippen LogP contribution in [0.2, 0.25) is 0 Å². The van der Waals surface area contributed by atoms with Gasteiger partial charge in [-0.05, 0) is 0 Å². The summed E-state index contributed by atoms with van der Waals surface area (Å²) in [5.74, 6) is 2.81. The second-order valence-electron chi connectivity index (χ2n) is 4.16. The molecule has 0 atom stereocenters. The van der Waals surface area contributed by atoms with Gasteiger partial charge in [0, 0.05) is 11.1 Å². The van der Waals surface area contributed by atoms with Crippen LogP contribution < -0.4 is 0 Å². The van der Waals surface area contributed by atoms with E-state index in [0.29, 0.717) is 6.61 Å². The second kappa shape index (κ2) is 6.04. The predicted octanol–water partition coefficient (Wildman–Crippen LogP) is 3.77. The second-order valence-corrected chi connectivity index (χ2v) is 4.16. The zero-order valence-corrected chi connectivity index (χ0v) is 10.8. The maximum Gasteiger partial charge on any atom is 0.179 e. The lowest BCUT2D eigenvalue weighted by Gasteiger charge is -2.29. The Hall–Kier alpha value is -2.30. The van der Waals surface area contributed by atoms with Crippen LogP contribution in [0.4, 0.5) is 0 Å². The van der Waals surface area contributed by atoms with Crippen molar-refractivity contribution in [1.82, 2.24) is 0 Å². The van der Waals surface area contributed by atoms with Crippen molar-refractivity contribution >= 4 is 0 Å². The SMILES string of the molecule is C#CC(OCC=C)(c1ccccc1)c1ccccc1. The molecule has 0 aliphatic carbocycles. The molecule has 94 valence electrons. The molecule has 0 radical (unpaired) electrons. The lowest BCUT2D eigenvalue weighted by Crippen LogP contribution is -2.29. The number of rotatable bonds is 5. The molecule has 0 saturated carbocycles. The summed E-state index contributed by atoms with van der Waals surface area (Å²) < 4.78 is 5.95. The summed E-state index contributed by atoms with van der Waals surface area (Å²) in [6.07, 6.45) is 7.51. The molecule has 0 amide bonds. The van der Waals surface area contributed by atoms with Crippen LogP contribution in [0.1, 0.15) is 11.1 Å². The van der Waals surface area contributed by atoms with Crippen LogP contribution in [0.5, 0.6) is 0 Å². The molecule has 0 N–H and O–H groups in total. The maximum absolute atomic E-state index is 5.95. The van der Waals surface area contributed by atoms with Gasteiger partial charge in [-0.2, -0.15) is 0 Å². The molecule has 0 spiro atoms. The van der Waals surface area contributed by atoms with Crippen LogP contribution in [0.3, 0.4) is 0 Å². The van der Waals surface area contributed by atoms with Crippen molar-refractivity contribution in [2.45, 2.75) is 5.60 Å². The minimum Gasteiger partial charge on any atom is -0.350 e. The van der Waals surface area contributed by atoms with Gasteiger partial charge in [0.25, 0.3) is 0 Å². The normalized spacial score (nSPS) is 10.7. The van der Waals surface area contributed by atoms with E-state index >= 15 is 0 Å². The fraction of sp³-hybridized carbons (Fsp3) is 0.111. The Labute approximate surface area is 114 Å². The van der Waals surface area contributed by atoms with E-state index in [1.54, 1.807) is 6.08 Å². The van der Waals surface area contributed by atoms with E-state index in [2.05, 4.69) is 12.5 Å². The highest BCUT2D eigenvalue weighted by Crippen LogP contribution is 2.32. The third-order valence-electron chi connectivity index (χ3n) is 2.98. The van der Waals surface area contributed by atoms with Gasteiger partial charge in [-0.3, -0.25) is 0 Å². The lowest BCUT2D eigenvalue weighted by atomic mass is 9.87. The molecule has 0 aliphatic heterocycles. The number of hydrogen-bond acceptors (Lipinski definition) is 1. The molecule has 0 fully saturated rings. The third kappa shape index (κ3) is 2.59. The highest BCUT2D eigenvalue weighted by molar-refractivity contribution is 5.44. The molecule has 0 bridgehead atoms. The van der Waals surface area contributed by atoms with E-state index in [9.17, 15) is 0 Å². The molecular weight excluding hydrogens is 232 g/mol. The predicted molar refractivity (Wildman–Crippen MR) is 78.6 cm³/mol. The summed E-state index contributed by atoms with van der Waals surface area (Å²) in [4.78, 5) is 0. The molecule has 0 aliphatic rings. The van der Waals surface area contributed by atoms with Gasteiger partial charge in [-0.25, -0.2) is 0 Å². The standard InChI is InChI=1S/C18H16O/c1-3-15-19-18(4-2,16-11-7-5-8-12-16)17-13-9-6-10-14-17/h2-3,5-14H,1,15H2. The molecule has 1 heteroatoms. The Morgan fingerprint density at radius 1 is 1.00 bits per heavy atom.